The normalized spacial score (nSPS) is 11.3. The third kappa shape index (κ3) is 3.95. The van der Waals surface area contributed by atoms with E-state index in [1.165, 1.54) is 7.11 Å². The first-order valence-electron chi connectivity index (χ1n) is 8.60. The maximum atomic E-state index is 13.3. The molecule has 0 radical (unpaired) electrons. The summed E-state index contributed by atoms with van der Waals surface area (Å²) in [4.78, 5) is 12.2. The molecule has 0 aliphatic carbocycles. The molecule has 28 heavy (non-hydrogen) atoms. The van der Waals surface area contributed by atoms with Gasteiger partial charge in [0, 0.05) is 10.9 Å². The molecule has 1 heterocycles. The zero-order valence-electron chi connectivity index (χ0n) is 16.1. The highest BCUT2D eigenvalue weighted by atomic mass is 32.2. The third-order valence-electron chi connectivity index (χ3n) is 4.37. The predicted octanol–water partition coefficient (Wildman–Crippen LogP) is 4.93. The van der Waals surface area contributed by atoms with E-state index in [1.807, 2.05) is 57.2 Å². The van der Waals surface area contributed by atoms with Crippen LogP contribution in [0.25, 0.3) is 11.1 Å². The molecule has 1 aromatic heterocycles. The van der Waals surface area contributed by atoms with Gasteiger partial charge < -0.3 is 4.74 Å². The molecule has 0 atom stereocenters. The Kier molecular flexibility index (Phi) is 5.58. The Bertz CT molecular complexity index is 1130. The van der Waals surface area contributed by atoms with Gasteiger partial charge >= 0.3 is 5.97 Å². The van der Waals surface area contributed by atoms with Gasteiger partial charge in [0.15, 0.2) is 0 Å². The second kappa shape index (κ2) is 7.77. The van der Waals surface area contributed by atoms with Crippen LogP contribution < -0.4 is 4.72 Å². The van der Waals surface area contributed by atoms with Crippen molar-refractivity contribution in [3.63, 3.8) is 0 Å². The lowest BCUT2D eigenvalue weighted by Gasteiger charge is -2.13. The number of aryl methyl sites for hydroxylation is 3. The van der Waals surface area contributed by atoms with Crippen LogP contribution in [0.2, 0.25) is 0 Å². The van der Waals surface area contributed by atoms with Crippen molar-refractivity contribution in [2.24, 2.45) is 0 Å². The average molecular weight is 416 g/mol. The molecule has 0 amide bonds. The fourth-order valence-electron chi connectivity index (χ4n) is 2.90. The summed E-state index contributed by atoms with van der Waals surface area (Å²) in [5.74, 6) is -0.677. The van der Waals surface area contributed by atoms with Gasteiger partial charge in [-0.15, -0.1) is 11.3 Å². The van der Waals surface area contributed by atoms with E-state index < -0.39 is 16.0 Å². The molecule has 7 heteroatoms. The van der Waals surface area contributed by atoms with Gasteiger partial charge in [-0.2, -0.15) is 0 Å². The van der Waals surface area contributed by atoms with Crippen LogP contribution >= 0.6 is 11.3 Å². The smallest absolute Gasteiger partial charge is 0.349 e. The minimum atomic E-state index is -4.02. The quantitative estimate of drug-likeness (QED) is 0.600. The Balaban J connectivity index is 2.15. The summed E-state index contributed by atoms with van der Waals surface area (Å²) < 4.78 is 34.0. The number of nitrogens with one attached hydrogen (secondary N) is 1. The fourth-order valence-corrected chi connectivity index (χ4v) is 5.75. The first-order chi connectivity index (χ1) is 13.2. The van der Waals surface area contributed by atoms with E-state index in [-0.39, 0.29) is 9.77 Å². The van der Waals surface area contributed by atoms with Crippen LogP contribution in [0.1, 0.15) is 26.4 Å². The number of esters is 1. The summed E-state index contributed by atoms with van der Waals surface area (Å²) in [6, 6.07) is 12.9. The topological polar surface area (TPSA) is 72.5 Å². The SMILES string of the molecule is COC(=O)c1scc(-c2ccc(C)cc2)c1S(=O)(=O)Nc1ccc(C)cc1C. The molecule has 0 bridgehead atoms. The van der Waals surface area contributed by atoms with E-state index in [4.69, 9.17) is 4.74 Å². The van der Waals surface area contributed by atoms with Crippen molar-refractivity contribution in [2.45, 2.75) is 25.7 Å². The molecule has 0 fully saturated rings. The molecule has 0 spiro atoms. The number of carbonyl (C=O) groups excluding carboxylic acids is 1. The standard InChI is InChI=1S/C21H21NO4S2/c1-13-5-8-16(9-6-13)17-12-27-19(21(23)26-4)20(17)28(24,25)22-18-10-7-14(2)11-15(18)3/h5-12,22H,1-4H3. The Morgan fingerprint density at radius 2 is 1.64 bits per heavy atom. The van der Waals surface area contributed by atoms with Gasteiger partial charge in [-0.1, -0.05) is 47.5 Å². The summed E-state index contributed by atoms with van der Waals surface area (Å²) in [5.41, 5.74) is 4.56. The minimum Gasteiger partial charge on any atom is -0.465 e. The van der Waals surface area contributed by atoms with Gasteiger partial charge in [0.2, 0.25) is 0 Å². The largest absolute Gasteiger partial charge is 0.465 e. The van der Waals surface area contributed by atoms with Crippen LogP contribution in [0, 0.1) is 20.8 Å². The van der Waals surface area contributed by atoms with Gasteiger partial charge in [0.1, 0.15) is 9.77 Å². The van der Waals surface area contributed by atoms with E-state index in [1.54, 1.807) is 11.4 Å². The molecule has 2 aromatic carbocycles. The van der Waals surface area contributed by atoms with Crippen molar-refractivity contribution in [1.82, 2.24) is 0 Å². The summed E-state index contributed by atoms with van der Waals surface area (Å²) >= 11 is 1.06. The van der Waals surface area contributed by atoms with E-state index in [2.05, 4.69) is 4.72 Å². The van der Waals surface area contributed by atoms with Gasteiger partial charge in [0.05, 0.1) is 12.8 Å². The summed E-state index contributed by atoms with van der Waals surface area (Å²) in [5, 5.41) is 1.67. The zero-order valence-corrected chi connectivity index (χ0v) is 17.7. The van der Waals surface area contributed by atoms with Gasteiger partial charge in [-0.05, 0) is 38.0 Å². The van der Waals surface area contributed by atoms with E-state index >= 15 is 0 Å². The van der Waals surface area contributed by atoms with E-state index in [0.717, 1.165) is 33.6 Å². The maximum Gasteiger partial charge on any atom is 0.349 e. The molecule has 1 N–H and O–H groups in total. The number of hydrogen-bond donors (Lipinski definition) is 1. The first-order valence-corrected chi connectivity index (χ1v) is 11.0. The number of methoxy groups -OCH3 is 1. The number of anilines is 1. The molecule has 3 rings (SSSR count). The number of ether oxygens (including phenoxy) is 1. The Hall–Kier alpha value is -2.64. The van der Waals surface area contributed by atoms with Crippen LogP contribution in [0.15, 0.2) is 52.7 Å². The zero-order chi connectivity index (χ0) is 20.5. The number of benzene rings is 2. The number of hydrogen-bond acceptors (Lipinski definition) is 5. The van der Waals surface area contributed by atoms with Crippen LogP contribution in [-0.4, -0.2) is 21.5 Å². The first kappa shape index (κ1) is 20.1. The van der Waals surface area contributed by atoms with Gasteiger partial charge in [-0.25, -0.2) is 13.2 Å². The average Bonchev–Trinajstić information content (AvgIpc) is 3.10. The maximum absolute atomic E-state index is 13.3. The Morgan fingerprint density at radius 1 is 1.00 bits per heavy atom. The van der Waals surface area contributed by atoms with Crippen molar-refractivity contribution in [3.05, 3.63) is 69.4 Å². The van der Waals surface area contributed by atoms with Gasteiger partial charge in [0.25, 0.3) is 10.0 Å². The molecule has 0 aliphatic heterocycles. The molecule has 0 saturated carbocycles. The van der Waals surface area contributed by atoms with Crippen molar-refractivity contribution in [3.8, 4) is 11.1 Å². The summed E-state index contributed by atoms with van der Waals surface area (Å²) in [6.45, 7) is 5.73. The molecule has 3 aromatic rings. The van der Waals surface area contributed by atoms with Crippen LogP contribution in [0.4, 0.5) is 5.69 Å². The van der Waals surface area contributed by atoms with E-state index in [0.29, 0.717) is 11.3 Å². The van der Waals surface area contributed by atoms with Crippen LogP contribution in [-0.2, 0) is 14.8 Å². The Labute approximate surface area is 169 Å². The van der Waals surface area contributed by atoms with Crippen LogP contribution in [0.3, 0.4) is 0 Å². The Morgan fingerprint density at radius 3 is 2.25 bits per heavy atom. The lowest BCUT2D eigenvalue weighted by atomic mass is 10.1. The number of sulfonamides is 1. The monoisotopic (exact) mass is 415 g/mol. The number of rotatable bonds is 5. The van der Waals surface area contributed by atoms with Crippen molar-refractivity contribution in [2.75, 3.05) is 11.8 Å². The molecule has 5 nitrogen and oxygen atoms in total. The summed E-state index contributed by atoms with van der Waals surface area (Å²) in [7, 11) is -2.78. The predicted molar refractivity (Wildman–Crippen MR) is 113 cm³/mol. The molecular weight excluding hydrogens is 394 g/mol. The van der Waals surface area contributed by atoms with Crippen LogP contribution in [0.5, 0.6) is 0 Å². The highest BCUT2D eigenvalue weighted by Crippen LogP contribution is 2.37. The lowest BCUT2D eigenvalue weighted by Crippen LogP contribution is -2.17. The number of carbonyl (C=O) groups is 1. The van der Waals surface area contributed by atoms with Crippen molar-refractivity contribution >= 4 is 33.0 Å². The highest BCUT2D eigenvalue weighted by Gasteiger charge is 2.30. The summed E-state index contributed by atoms with van der Waals surface area (Å²) in [6.07, 6.45) is 0. The molecule has 0 aliphatic rings. The van der Waals surface area contributed by atoms with Gasteiger partial charge in [-0.3, -0.25) is 4.72 Å². The highest BCUT2D eigenvalue weighted by molar-refractivity contribution is 7.93. The molecular formula is C21H21NO4S2. The molecule has 146 valence electrons. The number of thiophene rings is 1. The lowest BCUT2D eigenvalue weighted by molar-refractivity contribution is 0.0602. The minimum absolute atomic E-state index is 0.0512. The fraction of sp³-hybridized carbons (Fsp3) is 0.190. The molecule has 0 saturated heterocycles. The van der Waals surface area contributed by atoms with Crippen molar-refractivity contribution in [1.29, 1.82) is 0 Å². The molecule has 0 unspecified atom stereocenters. The third-order valence-corrected chi connectivity index (χ3v) is 6.91. The second-order valence-corrected chi connectivity index (χ2v) is 9.09. The van der Waals surface area contributed by atoms with E-state index in [9.17, 15) is 13.2 Å². The second-order valence-electron chi connectivity index (χ2n) is 6.59. The van der Waals surface area contributed by atoms with Crippen molar-refractivity contribution < 1.29 is 17.9 Å².